The SMILES string of the molecule is COc1ccc(C(N)=O)c(-c2c(Cl)c(F)cc3c2C(C)C(CNC2CCC(C(=O)N4CCC(CN5CCC(c6ccc7c(NCCC(N)=O)nn(C)c7c6)CC5)CC4)CC2)(c2cccc(C)c2)O3)c1F. The van der Waals surface area contributed by atoms with Crippen LogP contribution in [0.15, 0.2) is 60.7 Å². The lowest BCUT2D eigenvalue weighted by atomic mass is 9.76. The highest BCUT2D eigenvalue weighted by Crippen LogP contribution is 2.56. The molecule has 0 bridgehead atoms. The van der Waals surface area contributed by atoms with Crippen LogP contribution in [-0.4, -0.2) is 96.3 Å². The van der Waals surface area contributed by atoms with E-state index in [1.165, 1.54) is 30.9 Å². The Labute approximate surface area is 413 Å². The molecule has 372 valence electrons. The summed E-state index contributed by atoms with van der Waals surface area (Å²) in [5.74, 6) is -1.29. The Morgan fingerprint density at radius 2 is 1.67 bits per heavy atom. The van der Waals surface area contributed by atoms with E-state index in [9.17, 15) is 14.4 Å². The Kier molecular flexibility index (Phi) is 14.4. The number of carbonyl (C=O) groups excluding carboxylic acids is 3. The number of fused-ring (bicyclic) bond motifs is 2. The molecular weight excluding hydrogens is 914 g/mol. The maximum Gasteiger partial charge on any atom is 0.249 e. The number of anilines is 1. The van der Waals surface area contributed by atoms with Crippen molar-refractivity contribution in [1.29, 1.82) is 0 Å². The highest BCUT2D eigenvalue weighted by Gasteiger charge is 2.50. The van der Waals surface area contributed by atoms with E-state index in [4.69, 9.17) is 32.5 Å². The number of nitrogens with one attached hydrogen (secondary N) is 2. The number of rotatable bonds is 15. The van der Waals surface area contributed by atoms with Crippen LogP contribution in [-0.2, 0) is 22.2 Å². The monoisotopic (exact) mass is 978 g/mol. The molecule has 13 nitrogen and oxygen atoms in total. The lowest BCUT2D eigenvalue weighted by molar-refractivity contribution is -0.138. The third kappa shape index (κ3) is 9.68. The highest BCUT2D eigenvalue weighted by molar-refractivity contribution is 6.34. The fourth-order valence-corrected chi connectivity index (χ4v) is 12.0. The van der Waals surface area contributed by atoms with Crippen molar-refractivity contribution in [2.45, 2.75) is 95.1 Å². The van der Waals surface area contributed by atoms with Gasteiger partial charge in [-0.05, 0) is 119 Å². The van der Waals surface area contributed by atoms with Crippen molar-refractivity contribution in [2.24, 2.45) is 30.4 Å². The van der Waals surface area contributed by atoms with Crippen LogP contribution in [0.5, 0.6) is 11.5 Å². The van der Waals surface area contributed by atoms with Crippen LogP contribution in [0.3, 0.4) is 0 Å². The first-order chi connectivity index (χ1) is 33.6. The summed E-state index contributed by atoms with van der Waals surface area (Å²) in [6.07, 6.45) is 7.67. The lowest BCUT2D eigenvalue weighted by Crippen LogP contribution is -2.49. The molecule has 3 aliphatic heterocycles. The molecule has 3 amide bonds. The summed E-state index contributed by atoms with van der Waals surface area (Å²) in [5.41, 5.74) is 14.4. The van der Waals surface area contributed by atoms with Gasteiger partial charge < -0.3 is 41.4 Å². The number of primary amides is 2. The second-order valence-electron chi connectivity index (χ2n) is 20.1. The molecule has 4 aromatic carbocycles. The third-order valence-electron chi connectivity index (χ3n) is 15.8. The summed E-state index contributed by atoms with van der Waals surface area (Å²) >= 11 is 6.73. The predicted octanol–water partition coefficient (Wildman–Crippen LogP) is 8.53. The van der Waals surface area contributed by atoms with Gasteiger partial charge in [-0.1, -0.05) is 54.4 Å². The number of hydrogen-bond donors (Lipinski definition) is 4. The Bertz CT molecular complexity index is 2780. The van der Waals surface area contributed by atoms with Crippen molar-refractivity contribution in [2.75, 3.05) is 58.2 Å². The minimum Gasteiger partial charge on any atom is -0.494 e. The molecule has 70 heavy (non-hydrogen) atoms. The molecule has 4 aliphatic rings. The molecule has 5 aromatic rings. The van der Waals surface area contributed by atoms with Crippen LogP contribution in [0.1, 0.15) is 109 Å². The number of aryl methyl sites for hydroxylation is 2. The van der Waals surface area contributed by atoms with Crippen molar-refractivity contribution in [3.05, 3.63) is 105 Å². The number of hydrogen-bond acceptors (Lipinski definition) is 9. The van der Waals surface area contributed by atoms with Crippen molar-refractivity contribution in [3.63, 3.8) is 0 Å². The zero-order chi connectivity index (χ0) is 49.4. The Balaban J connectivity index is 0.789. The number of methoxy groups -OCH3 is 1. The van der Waals surface area contributed by atoms with Gasteiger partial charge in [-0.3, -0.25) is 19.1 Å². The van der Waals surface area contributed by atoms with Gasteiger partial charge in [0.1, 0.15) is 11.6 Å². The number of likely N-dealkylation sites (tertiary alicyclic amines) is 2. The van der Waals surface area contributed by atoms with Crippen molar-refractivity contribution in [1.82, 2.24) is 24.9 Å². The lowest BCUT2D eigenvalue weighted by Gasteiger charge is -2.40. The van der Waals surface area contributed by atoms with Gasteiger partial charge in [0, 0.05) is 92.2 Å². The van der Waals surface area contributed by atoms with Crippen LogP contribution >= 0.6 is 11.6 Å². The molecule has 0 spiro atoms. The topological polar surface area (TPSA) is 170 Å². The standard InChI is InChI=1S/C54H65ClF2N8O5/c1-31-6-5-7-37(26-31)54(32(2)46-44(70-54)28-41(56)49(55)48(46)47-40(51(59)67)14-15-43(69-4)50(47)57)30-61-38-11-8-35(9-12-38)53(68)65-24-17-33(18-25-65)29-64-22-19-34(20-23-64)36-10-13-39-42(27-36)63(3)62-52(39)60-21-16-45(58)66/h5-7,10,13-15,26-28,32-35,38,61H,8-9,11-12,16-25,29-30H2,1-4H3,(H2,58,66)(H2,59,67)(H,60,62). The molecule has 1 aliphatic carbocycles. The van der Waals surface area contributed by atoms with Gasteiger partial charge in [0.2, 0.25) is 17.7 Å². The van der Waals surface area contributed by atoms with Crippen LogP contribution in [0.2, 0.25) is 5.02 Å². The average Bonchev–Trinajstić information content (AvgIpc) is 3.82. The van der Waals surface area contributed by atoms with Gasteiger partial charge in [-0.2, -0.15) is 5.10 Å². The average molecular weight is 980 g/mol. The summed E-state index contributed by atoms with van der Waals surface area (Å²) in [7, 11) is 3.26. The van der Waals surface area contributed by atoms with Gasteiger partial charge in [0.05, 0.1) is 23.2 Å². The van der Waals surface area contributed by atoms with Gasteiger partial charge in [0.25, 0.3) is 0 Å². The van der Waals surface area contributed by atoms with Gasteiger partial charge >= 0.3 is 0 Å². The molecule has 3 fully saturated rings. The number of ether oxygens (including phenoxy) is 2. The minimum absolute atomic E-state index is 0.00756. The second kappa shape index (κ2) is 20.5. The van der Waals surface area contributed by atoms with Gasteiger partial charge in [-0.15, -0.1) is 0 Å². The van der Waals surface area contributed by atoms with Crippen molar-refractivity contribution in [3.8, 4) is 22.6 Å². The normalized spacial score (nSPS) is 22.2. The molecule has 2 saturated heterocycles. The Morgan fingerprint density at radius 3 is 2.36 bits per heavy atom. The zero-order valence-corrected chi connectivity index (χ0v) is 41.3. The van der Waals surface area contributed by atoms with E-state index in [0.29, 0.717) is 30.5 Å². The highest BCUT2D eigenvalue weighted by atomic mass is 35.5. The van der Waals surface area contributed by atoms with E-state index in [-0.39, 0.29) is 63.4 Å². The first-order valence-electron chi connectivity index (χ1n) is 24.8. The second-order valence-corrected chi connectivity index (χ2v) is 20.5. The summed E-state index contributed by atoms with van der Waals surface area (Å²) in [6.45, 7) is 9.52. The van der Waals surface area contributed by atoms with E-state index >= 15 is 8.78 Å². The number of aromatic nitrogens is 2. The largest absolute Gasteiger partial charge is 0.494 e. The van der Waals surface area contributed by atoms with E-state index in [0.717, 1.165) is 112 Å². The van der Waals surface area contributed by atoms with Crippen LogP contribution in [0.4, 0.5) is 14.6 Å². The number of carbonyl (C=O) groups is 3. The maximum absolute atomic E-state index is 16.3. The number of halogens is 3. The molecule has 4 heterocycles. The van der Waals surface area contributed by atoms with Gasteiger partial charge in [-0.25, -0.2) is 8.78 Å². The molecule has 9 rings (SSSR count). The molecule has 16 heteroatoms. The summed E-state index contributed by atoms with van der Waals surface area (Å²) < 4.78 is 46.2. The number of piperidine rings is 2. The summed E-state index contributed by atoms with van der Waals surface area (Å²) in [5, 5.41) is 12.4. The first kappa shape index (κ1) is 49.2. The molecule has 2 unspecified atom stereocenters. The number of amides is 3. The number of benzene rings is 4. The quantitative estimate of drug-likeness (QED) is 0.0803. The van der Waals surface area contributed by atoms with E-state index in [1.54, 1.807) is 0 Å². The van der Waals surface area contributed by atoms with Crippen LogP contribution < -0.4 is 31.6 Å². The molecule has 6 N–H and O–H groups in total. The van der Waals surface area contributed by atoms with Gasteiger partial charge in [0.15, 0.2) is 23.0 Å². The predicted molar refractivity (Wildman–Crippen MR) is 268 cm³/mol. The van der Waals surface area contributed by atoms with E-state index < -0.39 is 29.1 Å². The smallest absolute Gasteiger partial charge is 0.249 e. The molecule has 0 radical (unpaired) electrons. The van der Waals surface area contributed by atoms with E-state index in [2.05, 4.69) is 43.7 Å². The third-order valence-corrected chi connectivity index (χ3v) is 16.1. The Hall–Kier alpha value is -5.77. The summed E-state index contributed by atoms with van der Waals surface area (Å²) in [4.78, 5) is 42.6. The maximum atomic E-state index is 16.3. The fourth-order valence-electron chi connectivity index (χ4n) is 11.8. The summed E-state index contributed by atoms with van der Waals surface area (Å²) in [6, 6.07) is 18.6. The van der Waals surface area contributed by atoms with Crippen molar-refractivity contribution < 1.29 is 32.6 Å². The van der Waals surface area contributed by atoms with Crippen molar-refractivity contribution >= 4 is 46.0 Å². The number of nitrogens with zero attached hydrogens (tertiary/aromatic N) is 4. The molecule has 1 aromatic heterocycles. The zero-order valence-electron chi connectivity index (χ0n) is 40.6. The fraction of sp³-hybridized carbons (Fsp3) is 0.481. The van der Waals surface area contributed by atoms with E-state index in [1.807, 2.05) is 49.8 Å². The minimum atomic E-state index is -1.07. The first-order valence-corrected chi connectivity index (χ1v) is 25.2. The molecule has 1 saturated carbocycles. The number of nitrogens with two attached hydrogens (primary N) is 2. The molecule has 2 atom stereocenters. The Morgan fingerprint density at radius 1 is 0.929 bits per heavy atom. The van der Waals surface area contributed by atoms with Crippen LogP contribution in [0.25, 0.3) is 22.0 Å². The molecular formula is C54H65ClF2N8O5. The van der Waals surface area contributed by atoms with Crippen LogP contribution in [0, 0.1) is 30.4 Å².